The molecule has 102 valence electrons. The van der Waals surface area contributed by atoms with Crippen LogP contribution < -0.4 is 5.32 Å². The van der Waals surface area contributed by atoms with Gasteiger partial charge in [-0.2, -0.15) is 0 Å². The van der Waals surface area contributed by atoms with E-state index in [2.05, 4.69) is 63.1 Å². The number of benzene rings is 1. The minimum Gasteiger partial charge on any atom is -0.317 e. The van der Waals surface area contributed by atoms with E-state index in [0.717, 1.165) is 19.0 Å². The van der Waals surface area contributed by atoms with Crippen molar-refractivity contribution in [3.8, 4) is 0 Å². The van der Waals surface area contributed by atoms with Gasteiger partial charge in [0, 0.05) is 8.07 Å². The summed E-state index contributed by atoms with van der Waals surface area (Å²) in [5, 5.41) is 3.53. The monoisotopic (exact) mass is 263 g/mol. The summed E-state index contributed by atoms with van der Waals surface area (Å²) < 4.78 is 0. The van der Waals surface area contributed by atoms with Gasteiger partial charge in [0.1, 0.15) is 0 Å². The Bertz CT molecular complexity index is 354. The molecule has 2 heteroatoms. The van der Waals surface area contributed by atoms with Crippen molar-refractivity contribution in [1.29, 1.82) is 0 Å². The summed E-state index contributed by atoms with van der Waals surface area (Å²) in [6.45, 7) is 14.1. The van der Waals surface area contributed by atoms with E-state index in [-0.39, 0.29) is 0 Å². The number of hydrogen-bond acceptors (Lipinski definition) is 1. The van der Waals surface area contributed by atoms with Crippen LogP contribution in [0, 0.1) is 12.8 Å². The molecule has 0 bridgehead atoms. The lowest BCUT2D eigenvalue weighted by atomic mass is 9.97. The molecule has 0 aliphatic carbocycles. The van der Waals surface area contributed by atoms with Gasteiger partial charge in [0.15, 0.2) is 0 Å². The fraction of sp³-hybridized carbons (Fsp3) is 0.625. The molecule has 0 radical (unpaired) electrons. The molecule has 18 heavy (non-hydrogen) atoms. The first-order valence-corrected chi connectivity index (χ1v) is 10.9. The van der Waals surface area contributed by atoms with Crippen LogP contribution >= 0.6 is 0 Å². The van der Waals surface area contributed by atoms with Gasteiger partial charge in [-0.3, -0.25) is 0 Å². The first-order valence-electron chi connectivity index (χ1n) is 7.17. The highest BCUT2D eigenvalue weighted by Gasteiger charge is 2.20. The molecule has 1 aromatic rings. The molecule has 1 rings (SSSR count). The molecule has 0 saturated carbocycles. The second kappa shape index (κ2) is 7.10. The minimum absolute atomic E-state index is 0.790. The van der Waals surface area contributed by atoms with Crippen LogP contribution in [0.5, 0.6) is 0 Å². The van der Waals surface area contributed by atoms with Crippen LogP contribution in [0.4, 0.5) is 0 Å². The molecular formula is C16H29NSi. The van der Waals surface area contributed by atoms with Gasteiger partial charge in [-0.05, 0) is 43.5 Å². The molecule has 1 aromatic carbocycles. The third-order valence-electron chi connectivity index (χ3n) is 3.35. The van der Waals surface area contributed by atoms with E-state index in [0.29, 0.717) is 0 Å². The fourth-order valence-corrected chi connectivity index (χ4v) is 4.60. The maximum atomic E-state index is 3.53. The van der Waals surface area contributed by atoms with Gasteiger partial charge in [0.2, 0.25) is 0 Å². The van der Waals surface area contributed by atoms with Crippen molar-refractivity contribution in [2.24, 2.45) is 5.92 Å². The van der Waals surface area contributed by atoms with Gasteiger partial charge in [0.25, 0.3) is 0 Å². The van der Waals surface area contributed by atoms with Crippen molar-refractivity contribution < 1.29 is 0 Å². The normalized spacial score (nSPS) is 13.6. The molecule has 1 N–H and O–H groups in total. The Kier molecular flexibility index (Phi) is 6.10. The molecule has 0 amide bonds. The highest BCUT2D eigenvalue weighted by atomic mass is 28.3. The Morgan fingerprint density at radius 2 is 1.83 bits per heavy atom. The largest absolute Gasteiger partial charge is 0.317 e. The van der Waals surface area contributed by atoms with Gasteiger partial charge in [-0.15, -0.1) is 0 Å². The molecule has 0 aliphatic heterocycles. The van der Waals surface area contributed by atoms with Crippen molar-refractivity contribution in [3.63, 3.8) is 0 Å². The molecule has 0 saturated heterocycles. The third kappa shape index (κ3) is 5.83. The highest BCUT2D eigenvalue weighted by Crippen LogP contribution is 2.22. The van der Waals surface area contributed by atoms with E-state index in [1.165, 1.54) is 23.6 Å². The summed E-state index contributed by atoms with van der Waals surface area (Å²) in [6.07, 6.45) is 1.23. The van der Waals surface area contributed by atoms with Gasteiger partial charge < -0.3 is 5.32 Å². The van der Waals surface area contributed by atoms with Gasteiger partial charge in [-0.1, -0.05) is 56.9 Å². The van der Waals surface area contributed by atoms with Crippen molar-refractivity contribution in [2.75, 3.05) is 13.1 Å². The van der Waals surface area contributed by atoms with Crippen LogP contribution in [-0.2, 0) is 6.42 Å². The second-order valence-corrected chi connectivity index (χ2v) is 12.1. The van der Waals surface area contributed by atoms with Crippen LogP contribution in [0.2, 0.25) is 25.7 Å². The standard InChI is InChI=1S/C16H29NSi/c1-6-17-12-15(13-18(3,4)5)11-16-10-8-7-9-14(16)2/h7-10,15,17H,6,11-13H2,1-5H3. The first-order chi connectivity index (χ1) is 8.42. The second-order valence-electron chi connectivity index (χ2n) is 6.57. The third-order valence-corrected chi connectivity index (χ3v) is 5.16. The van der Waals surface area contributed by atoms with E-state index < -0.39 is 8.07 Å². The van der Waals surface area contributed by atoms with E-state index in [1.54, 1.807) is 0 Å². The van der Waals surface area contributed by atoms with Crippen molar-refractivity contribution in [2.45, 2.75) is 46.0 Å². The summed E-state index contributed by atoms with van der Waals surface area (Å²) >= 11 is 0. The van der Waals surface area contributed by atoms with Crippen LogP contribution in [0.25, 0.3) is 0 Å². The van der Waals surface area contributed by atoms with Crippen LogP contribution in [0.3, 0.4) is 0 Å². The Morgan fingerprint density at radius 3 is 2.39 bits per heavy atom. The van der Waals surface area contributed by atoms with Crippen LogP contribution in [0.1, 0.15) is 18.1 Å². The molecule has 1 atom stereocenters. The van der Waals surface area contributed by atoms with Crippen molar-refractivity contribution >= 4 is 8.07 Å². The highest BCUT2D eigenvalue weighted by molar-refractivity contribution is 6.76. The van der Waals surface area contributed by atoms with E-state index in [4.69, 9.17) is 0 Å². The zero-order valence-corrected chi connectivity index (χ0v) is 13.7. The number of rotatable bonds is 7. The predicted molar refractivity (Wildman–Crippen MR) is 85.1 cm³/mol. The number of aryl methyl sites for hydroxylation is 1. The molecule has 0 heterocycles. The van der Waals surface area contributed by atoms with Gasteiger partial charge >= 0.3 is 0 Å². The maximum absolute atomic E-state index is 3.53. The Morgan fingerprint density at radius 1 is 1.17 bits per heavy atom. The summed E-state index contributed by atoms with van der Waals surface area (Å²) in [7, 11) is -0.982. The van der Waals surface area contributed by atoms with E-state index in [1.807, 2.05) is 0 Å². The molecule has 0 aliphatic rings. The summed E-state index contributed by atoms with van der Waals surface area (Å²) in [5.74, 6) is 0.790. The average Bonchev–Trinajstić information content (AvgIpc) is 2.27. The predicted octanol–water partition coefficient (Wildman–Crippen LogP) is 4.10. The topological polar surface area (TPSA) is 12.0 Å². The van der Waals surface area contributed by atoms with Crippen molar-refractivity contribution in [3.05, 3.63) is 35.4 Å². The lowest BCUT2D eigenvalue weighted by Crippen LogP contribution is -2.31. The Labute approximate surface area is 114 Å². The lowest BCUT2D eigenvalue weighted by molar-refractivity contribution is 0.514. The molecule has 0 aromatic heterocycles. The maximum Gasteiger partial charge on any atom is 0.0446 e. The van der Waals surface area contributed by atoms with E-state index in [9.17, 15) is 0 Å². The minimum atomic E-state index is -0.982. The van der Waals surface area contributed by atoms with Gasteiger partial charge in [0.05, 0.1) is 0 Å². The Hall–Kier alpha value is -0.603. The number of hydrogen-bond donors (Lipinski definition) is 1. The van der Waals surface area contributed by atoms with Crippen molar-refractivity contribution in [1.82, 2.24) is 5.32 Å². The summed E-state index contributed by atoms with van der Waals surface area (Å²) in [4.78, 5) is 0. The lowest BCUT2D eigenvalue weighted by Gasteiger charge is -2.25. The molecular weight excluding hydrogens is 234 g/mol. The van der Waals surface area contributed by atoms with Gasteiger partial charge in [-0.25, -0.2) is 0 Å². The molecule has 1 nitrogen and oxygen atoms in total. The fourth-order valence-electron chi connectivity index (χ4n) is 2.58. The van der Waals surface area contributed by atoms with Crippen LogP contribution in [0.15, 0.2) is 24.3 Å². The zero-order chi connectivity index (χ0) is 13.6. The molecule has 0 spiro atoms. The molecule has 0 fully saturated rings. The first kappa shape index (κ1) is 15.5. The summed E-state index contributed by atoms with van der Waals surface area (Å²) in [6, 6.07) is 10.2. The molecule has 1 unspecified atom stereocenters. The average molecular weight is 264 g/mol. The summed E-state index contributed by atoms with van der Waals surface area (Å²) in [5.41, 5.74) is 2.97. The smallest absolute Gasteiger partial charge is 0.0446 e. The van der Waals surface area contributed by atoms with E-state index >= 15 is 0 Å². The SMILES string of the molecule is CCNCC(Cc1ccccc1C)C[Si](C)(C)C. The van der Waals surface area contributed by atoms with Crippen LogP contribution in [-0.4, -0.2) is 21.2 Å². The Balaban J connectivity index is 2.69. The zero-order valence-electron chi connectivity index (χ0n) is 12.7. The quantitative estimate of drug-likeness (QED) is 0.730. The number of nitrogens with one attached hydrogen (secondary N) is 1.